The fraction of sp³-hybridized carbons (Fsp3) is 1.00. The number of hydrogen-bond acceptors (Lipinski definition) is 4. The van der Waals surface area contributed by atoms with Crippen LogP contribution < -0.4 is 0 Å². The van der Waals surface area contributed by atoms with Crippen molar-refractivity contribution < 1.29 is 20.3 Å². The lowest BCUT2D eigenvalue weighted by molar-refractivity contribution is -0.490. The van der Waals surface area contributed by atoms with Crippen LogP contribution in [0, 0.1) is 0 Å². The van der Waals surface area contributed by atoms with Crippen LogP contribution in [-0.2, 0) is 9.78 Å². The first-order valence-electron chi connectivity index (χ1n) is 3.54. The Morgan fingerprint density at radius 2 is 1.91 bits per heavy atom. The van der Waals surface area contributed by atoms with Crippen LogP contribution >= 0.6 is 11.6 Å². The molecule has 0 bridgehead atoms. The van der Waals surface area contributed by atoms with Crippen LogP contribution in [0.5, 0.6) is 0 Å². The molecule has 1 unspecified atom stereocenters. The van der Waals surface area contributed by atoms with Gasteiger partial charge < -0.3 is 0 Å². The molecule has 0 spiro atoms. The van der Waals surface area contributed by atoms with Gasteiger partial charge in [0, 0.05) is 6.42 Å². The molecule has 66 valence electrons. The largest absolute Gasteiger partial charge is 0.249 e. The minimum Gasteiger partial charge on any atom is -0.249 e. The van der Waals surface area contributed by atoms with Crippen molar-refractivity contribution >= 4 is 11.6 Å². The first-order valence-corrected chi connectivity index (χ1v) is 3.98. The zero-order valence-electron chi connectivity index (χ0n) is 5.99. The Kier molecular flexibility index (Phi) is 3.09. The summed E-state index contributed by atoms with van der Waals surface area (Å²) in [4.78, 5) is 8.07. The Bertz CT molecular complexity index is 126. The van der Waals surface area contributed by atoms with Gasteiger partial charge in [0.1, 0.15) is 0 Å². The molecule has 1 rings (SSSR count). The van der Waals surface area contributed by atoms with Gasteiger partial charge in [0.25, 0.3) is 0 Å². The van der Waals surface area contributed by atoms with Crippen LogP contribution in [0.15, 0.2) is 0 Å². The van der Waals surface area contributed by atoms with E-state index >= 15 is 0 Å². The summed E-state index contributed by atoms with van der Waals surface area (Å²) < 4.78 is 0. The molecule has 11 heavy (non-hydrogen) atoms. The van der Waals surface area contributed by atoms with Crippen LogP contribution in [0.25, 0.3) is 0 Å². The van der Waals surface area contributed by atoms with Crippen molar-refractivity contribution in [1.29, 1.82) is 0 Å². The maximum atomic E-state index is 8.44. The zero-order valence-corrected chi connectivity index (χ0v) is 6.75. The van der Waals surface area contributed by atoms with Gasteiger partial charge in [0.2, 0.25) is 5.79 Å². The lowest BCUT2D eigenvalue weighted by Gasteiger charge is -2.34. The van der Waals surface area contributed by atoms with E-state index in [1.54, 1.807) is 0 Å². The van der Waals surface area contributed by atoms with E-state index in [9.17, 15) is 0 Å². The average molecular weight is 183 g/mol. The number of halogens is 1. The number of rotatable bonds is 2. The Hall–Kier alpha value is 0.130. The summed E-state index contributed by atoms with van der Waals surface area (Å²) in [5.41, 5.74) is 0. The third kappa shape index (κ3) is 1.65. The molecular formula is C6H11ClO4. The van der Waals surface area contributed by atoms with Crippen molar-refractivity contribution in [2.45, 2.75) is 36.8 Å². The molecule has 0 aromatic rings. The van der Waals surface area contributed by atoms with Gasteiger partial charge >= 0.3 is 0 Å². The lowest BCUT2D eigenvalue weighted by Crippen LogP contribution is -2.45. The maximum Gasteiger partial charge on any atom is 0.249 e. The predicted molar refractivity (Wildman–Crippen MR) is 38.3 cm³/mol. The summed E-state index contributed by atoms with van der Waals surface area (Å²) in [5, 5.41) is 16.4. The average Bonchev–Trinajstić information content (AvgIpc) is 2.06. The van der Waals surface area contributed by atoms with E-state index in [-0.39, 0.29) is 0 Å². The van der Waals surface area contributed by atoms with Gasteiger partial charge in [0.15, 0.2) is 0 Å². The van der Waals surface area contributed by atoms with Gasteiger partial charge in [-0.1, -0.05) is 6.42 Å². The second-order valence-electron chi connectivity index (χ2n) is 2.71. The molecule has 1 fully saturated rings. The third-order valence-corrected chi connectivity index (χ3v) is 2.57. The van der Waals surface area contributed by atoms with Crippen LogP contribution in [0.4, 0.5) is 0 Å². The van der Waals surface area contributed by atoms with Gasteiger partial charge in [-0.05, 0) is 12.8 Å². The third-order valence-electron chi connectivity index (χ3n) is 2.02. The second kappa shape index (κ2) is 3.69. The SMILES string of the molecule is OOC1(OO)CCCCC1Cl. The molecule has 1 aliphatic rings. The maximum absolute atomic E-state index is 8.44. The summed E-state index contributed by atoms with van der Waals surface area (Å²) in [6, 6.07) is 0. The predicted octanol–water partition coefficient (Wildman–Crippen LogP) is 1.84. The molecule has 1 saturated carbocycles. The van der Waals surface area contributed by atoms with E-state index in [4.69, 9.17) is 22.1 Å². The second-order valence-corrected chi connectivity index (χ2v) is 3.23. The standard InChI is InChI=1S/C6H11ClO4/c7-5-3-1-2-4-6(5,10-8)11-9/h5,8-9H,1-4H2. The molecule has 1 aliphatic carbocycles. The highest BCUT2D eigenvalue weighted by Crippen LogP contribution is 2.35. The summed E-state index contributed by atoms with van der Waals surface area (Å²) in [7, 11) is 0. The van der Waals surface area contributed by atoms with Gasteiger partial charge in [-0.25, -0.2) is 10.5 Å². The normalized spacial score (nSPS) is 30.3. The van der Waals surface area contributed by atoms with Crippen molar-refractivity contribution in [2.24, 2.45) is 0 Å². The molecule has 0 saturated heterocycles. The van der Waals surface area contributed by atoms with E-state index in [1.807, 2.05) is 0 Å². The summed E-state index contributed by atoms with van der Waals surface area (Å²) in [5.74, 6) is -1.40. The Balaban J connectivity index is 2.61. The van der Waals surface area contributed by atoms with Crippen molar-refractivity contribution in [3.8, 4) is 0 Å². The van der Waals surface area contributed by atoms with E-state index in [2.05, 4.69) is 9.78 Å². The highest BCUT2D eigenvalue weighted by molar-refractivity contribution is 6.21. The van der Waals surface area contributed by atoms with Crippen molar-refractivity contribution in [2.75, 3.05) is 0 Å². The Morgan fingerprint density at radius 1 is 1.27 bits per heavy atom. The Labute approximate surface area is 69.5 Å². The molecule has 0 aromatic carbocycles. The topological polar surface area (TPSA) is 58.9 Å². The molecular weight excluding hydrogens is 172 g/mol. The number of hydrogen-bond donors (Lipinski definition) is 2. The molecule has 0 radical (unpaired) electrons. The number of alkyl halides is 1. The van der Waals surface area contributed by atoms with Crippen molar-refractivity contribution in [3.05, 3.63) is 0 Å². The first-order chi connectivity index (χ1) is 5.25. The minimum absolute atomic E-state index is 0.411. The van der Waals surface area contributed by atoms with Crippen molar-refractivity contribution in [3.63, 3.8) is 0 Å². The summed E-state index contributed by atoms with van der Waals surface area (Å²) in [6.07, 6.45) is 2.86. The lowest BCUT2D eigenvalue weighted by atomic mass is 9.94. The van der Waals surface area contributed by atoms with E-state index < -0.39 is 11.2 Å². The molecule has 0 aliphatic heterocycles. The zero-order chi connectivity index (χ0) is 8.32. The smallest absolute Gasteiger partial charge is 0.249 e. The van der Waals surface area contributed by atoms with Crippen LogP contribution in [0.3, 0.4) is 0 Å². The Morgan fingerprint density at radius 3 is 2.27 bits per heavy atom. The highest BCUT2D eigenvalue weighted by atomic mass is 35.5. The summed E-state index contributed by atoms with van der Waals surface area (Å²) >= 11 is 5.77. The van der Waals surface area contributed by atoms with Gasteiger partial charge in [0.05, 0.1) is 5.38 Å². The van der Waals surface area contributed by atoms with Gasteiger partial charge in [-0.15, -0.1) is 11.6 Å². The van der Waals surface area contributed by atoms with E-state index in [1.165, 1.54) is 0 Å². The van der Waals surface area contributed by atoms with E-state index in [0.717, 1.165) is 12.8 Å². The highest BCUT2D eigenvalue weighted by Gasteiger charge is 2.43. The van der Waals surface area contributed by atoms with Crippen LogP contribution in [-0.4, -0.2) is 21.7 Å². The van der Waals surface area contributed by atoms with Crippen LogP contribution in [0.1, 0.15) is 25.7 Å². The van der Waals surface area contributed by atoms with Crippen molar-refractivity contribution in [1.82, 2.24) is 0 Å². The van der Waals surface area contributed by atoms with Gasteiger partial charge in [-0.2, -0.15) is 9.78 Å². The quantitative estimate of drug-likeness (QED) is 0.296. The molecule has 5 heteroatoms. The molecule has 2 N–H and O–H groups in total. The summed E-state index contributed by atoms with van der Waals surface area (Å²) in [6.45, 7) is 0. The fourth-order valence-corrected chi connectivity index (χ4v) is 1.64. The molecule has 0 heterocycles. The van der Waals surface area contributed by atoms with Gasteiger partial charge in [-0.3, -0.25) is 0 Å². The fourth-order valence-electron chi connectivity index (χ4n) is 1.29. The molecule has 0 aromatic heterocycles. The molecule has 4 nitrogen and oxygen atoms in total. The monoisotopic (exact) mass is 182 g/mol. The minimum atomic E-state index is -1.40. The van der Waals surface area contributed by atoms with Crippen LogP contribution in [0.2, 0.25) is 0 Å². The van der Waals surface area contributed by atoms with E-state index in [0.29, 0.717) is 12.8 Å². The first kappa shape index (κ1) is 9.22. The molecule has 1 atom stereocenters. The molecule has 0 amide bonds.